The molecule has 9 nitrogen and oxygen atoms in total. The van der Waals surface area contributed by atoms with Crippen molar-refractivity contribution < 1.29 is 26.7 Å². The molecule has 0 bridgehead atoms. The Balaban J connectivity index is 1.27. The molecule has 6 rings (SSSR count). The Kier molecular flexibility index (Phi) is 7.76. The number of hydrogen-bond donors (Lipinski definition) is 1. The summed E-state index contributed by atoms with van der Waals surface area (Å²) < 4.78 is 69.7. The van der Waals surface area contributed by atoms with Crippen LogP contribution in [0.4, 0.5) is 14.5 Å². The summed E-state index contributed by atoms with van der Waals surface area (Å²) in [5, 5.41) is 4.46. The van der Waals surface area contributed by atoms with Gasteiger partial charge in [-0.2, -0.15) is 5.10 Å². The third-order valence-electron chi connectivity index (χ3n) is 7.02. The number of halogens is 2. The van der Waals surface area contributed by atoms with Gasteiger partial charge in [-0.05, 0) is 72.9 Å². The fourth-order valence-corrected chi connectivity index (χ4v) is 5.60. The average Bonchev–Trinajstić information content (AvgIpc) is 3.59. The lowest BCUT2D eigenvalue weighted by Gasteiger charge is -2.22. The van der Waals surface area contributed by atoms with Gasteiger partial charge >= 0.3 is 0 Å². The minimum Gasteiger partial charge on any atom is -0.353 e. The van der Waals surface area contributed by atoms with Gasteiger partial charge in [-0.15, -0.1) is 0 Å². The van der Waals surface area contributed by atoms with Gasteiger partial charge < -0.3 is 9.47 Å². The summed E-state index contributed by atoms with van der Waals surface area (Å²) in [4.78, 5) is 4.56. The first-order valence-corrected chi connectivity index (χ1v) is 15.4. The Bertz CT molecular complexity index is 1850. The molecule has 1 atom stereocenters. The molecular weight excluding hydrogens is 564 g/mol. The van der Waals surface area contributed by atoms with Crippen molar-refractivity contribution in [2.24, 2.45) is 0 Å². The lowest BCUT2D eigenvalue weighted by molar-refractivity contribution is -0.163. The molecule has 0 spiro atoms. The molecule has 0 saturated carbocycles. The normalized spacial score (nSPS) is 15.7. The van der Waals surface area contributed by atoms with Crippen LogP contribution in [0.25, 0.3) is 39.0 Å². The number of hydrogen-bond acceptors (Lipinski definition) is 6. The van der Waals surface area contributed by atoms with Crippen molar-refractivity contribution >= 4 is 26.7 Å². The third kappa shape index (κ3) is 6.35. The minimum absolute atomic E-state index is 0.134. The lowest BCUT2D eigenvalue weighted by atomic mass is 10.0. The highest BCUT2D eigenvalue weighted by molar-refractivity contribution is 7.92. The summed E-state index contributed by atoms with van der Waals surface area (Å²) in [5.74, 6) is -1.46. The molecule has 3 heterocycles. The molecule has 12 heteroatoms. The topological polar surface area (TPSA) is 100 Å². The molecule has 0 radical (unpaired) electrons. The molecule has 1 unspecified atom stereocenters. The van der Waals surface area contributed by atoms with Crippen LogP contribution in [0.2, 0.25) is 0 Å². The van der Waals surface area contributed by atoms with Gasteiger partial charge in [-0.25, -0.2) is 22.2 Å². The Morgan fingerprint density at radius 2 is 1.93 bits per heavy atom. The molecule has 1 saturated heterocycles. The monoisotopic (exact) mass is 593 g/mol. The van der Waals surface area contributed by atoms with Gasteiger partial charge in [0.25, 0.3) is 0 Å². The minimum atomic E-state index is -3.62. The molecule has 0 amide bonds. The summed E-state index contributed by atoms with van der Waals surface area (Å²) in [7, 11) is -3.62. The van der Waals surface area contributed by atoms with Crippen LogP contribution < -0.4 is 4.72 Å². The van der Waals surface area contributed by atoms with Crippen LogP contribution >= 0.6 is 0 Å². The number of nitrogens with one attached hydrogen (secondary N) is 1. The smallest absolute Gasteiger partial charge is 0.229 e. The molecule has 218 valence electrons. The van der Waals surface area contributed by atoms with Gasteiger partial charge in [-0.1, -0.05) is 6.07 Å². The number of benzene rings is 3. The molecule has 2 aromatic heterocycles. The summed E-state index contributed by atoms with van der Waals surface area (Å²) in [6.45, 7) is 1.85. The van der Waals surface area contributed by atoms with Gasteiger partial charge in [0.2, 0.25) is 10.0 Å². The number of sulfonamides is 1. The summed E-state index contributed by atoms with van der Waals surface area (Å²) >= 11 is 0. The number of aromatic nitrogens is 4. The summed E-state index contributed by atoms with van der Waals surface area (Å²) in [6.07, 6.45) is 9.37. The van der Waals surface area contributed by atoms with Gasteiger partial charge in [0, 0.05) is 35.7 Å². The van der Waals surface area contributed by atoms with Gasteiger partial charge in [0.15, 0.2) is 6.29 Å². The van der Waals surface area contributed by atoms with Crippen molar-refractivity contribution in [1.29, 1.82) is 0 Å². The van der Waals surface area contributed by atoms with Crippen molar-refractivity contribution in [3.05, 3.63) is 85.0 Å². The van der Waals surface area contributed by atoms with E-state index in [2.05, 4.69) is 14.8 Å². The number of fused-ring (bicyclic) bond motifs is 1. The van der Waals surface area contributed by atoms with Gasteiger partial charge in [0.05, 0.1) is 42.3 Å². The van der Waals surface area contributed by atoms with Crippen LogP contribution in [0, 0.1) is 11.6 Å². The maximum atomic E-state index is 14.7. The van der Waals surface area contributed by atoms with Gasteiger partial charge in [-0.3, -0.25) is 14.0 Å². The highest BCUT2D eigenvalue weighted by atomic mass is 32.2. The van der Waals surface area contributed by atoms with E-state index < -0.39 is 21.7 Å². The highest BCUT2D eigenvalue weighted by Gasteiger charge is 2.16. The molecule has 1 aliphatic rings. The van der Waals surface area contributed by atoms with E-state index in [9.17, 15) is 17.2 Å². The summed E-state index contributed by atoms with van der Waals surface area (Å²) in [5.41, 5.74) is 4.61. The van der Waals surface area contributed by atoms with Crippen LogP contribution in [0.15, 0.2) is 73.3 Å². The first-order valence-electron chi connectivity index (χ1n) is 13.5. The average molecular weight is 594 g/mol. The number of ether oxygens (including phenoxy) is 2. The second kappa shape index (κ2) is 11.6. The van der Waals surface area contributed by atoms with E-state index in [0.717, 1.165) is 60.9 Å². The molecule has 3 aromatic carbocycles. The maximum Gasteiger partial charge on any atom is 0.229 e. The van der Waals surface area contributed by atoms with E-state index in [4.69, 9.17) is 9.47 Å². The largest absolute Gasteiger partial charge is 0.353 e. The zero-order valence-electron chi connectivity index (χ0n) is 22.8. The zero-order valence-corrected chi connectivity index (χ0v) is 23.7. The second-order valence-electron chi connectivity index (χ2n) is 10.2. The predicted octanol–water partition coefficient (Wildman–Crippen LogP) is 5.75. The van der Waals surface area contributed by atoms with Crippen LogP contribution in [0.5, 0.6) is 0 Å². The summed E-state index contributed by atoms with van der Waals surface area (Å²) in [6, 6.07) is 13.9. The highest BCUT2D eigenvalue weighted by Crippen LogP contribution is 2.32. The van der Waals surface area contributed by atoms with Crippen molar-refractivity contribution in [3.8, 4) is 27.9 Å². The van der Waals surface area contributed by atoms with Crippen LogP contribution in [0.3, 0.4) is 0 Å². The van der Waals surface area contributed by atoms with Crippen LogP contribution in [0.1, 0.15) is 19.3 Å². The molecule has 0 aliphatic carbocycles. The number of imidazole rings is 1. The number of nitrogens with zero attached hydrogens (tertiary/aromatic N) is 4. The standard InChI is InChI=1S/C30H29F2N5O4S/c1-42(38,39)35-24-12-21(26-7-6-23(31)15-27(26)32)13-25(16-24)37-19-33-28-14-20(5-8-29(28)37)22-17-34-36(18-22)9-11-41-30-4-2-3-10-40-30/h5-8,12-19,30,35H,2-4,9-11H2,1H3. The van der Waals surface area contributed by atoms with Crippen molar-refractivity contribution in [1.82, 2.24) is 19.3 Å². The van der Waals surface area contributed by atoms with Crippen molar-refractivity contribution in [2.45, 2.75) is 32.1 Å². The van der Waals surface area contributed by atoms with E-state index >= 15 is 0 Å². The number of anilines is 1. The Labute approximate surface area is 241 Å². The second-order valence-corrected chi connectivity index (χ2v) is 12.0. The zero-order chi connectivity index (χ0) is 29.3. The van der Waals surface area contributed by atoms with Crippen molar-refractivity contribution in [2.75, 3.05) is 24.2 Å². The molecule has 1 fully saturated rings. The first-order chi connectivity index (χ1) is 20.2. The molecule has 1 aliphatic heterocycles. The quantitative estimate of drug-likeness (QED) is 0.234. The molecular formula is C30H29F2N5O4S. The third-order valence-corrected chi connectivity index (χ3v) is 7.62. The van der Waals surface area contributed by atoms with E-state index in [1.807, 2.05) is 29.1 Å². The number of rotatable bonds is 9. The van der Waals surface area contributed by atoms with E-state index in [1.54, 1.807) is 29.2 Å². The first kappa shape index (κ1) is 28.0. The van der Waals surface area contributed by atoms with Crippen molar-refractivity contribution in [3.63, 3.8) is 0 Å². The Morgan fingerprint density at radius 1 is 1.05 bits per heavy atom. The lowest BCUT2D eigenvalue weighted by Crippen LogP contribution is -2.24. The Hall–Kier alpha value is -4.13. The van der Waals surface area contributed by atoms with E-state index in [1.165, 1.54) is 12.1 Å². The Morgan fingerprint density at radius 3 is 2.71 bits per heavy atom. The van der Waals surface area contributed by atoms with Crippen LogP contribution in [-0.2, 0) is 26.0 Å². The fourth-order valence-electron chi connectivity index (χ4n) is 5.06. The predicted molar refractivity (Wildman–Crippen MR) is 156 cm³/mol. The van der Waals surface area contributed by atoms with Gasteiger partial charge in [0.1, 0.15) is 18.0 Å². The van der Waals surface area contributed by atoms with E-state index in [-0.39, 0.29) is 17.5 Å². The van der Waals surface area contributed by atoms with Crippen LogP contribution in [-0.4, -0.2) is 53.5 Å². The SMILES string of the molecule is CS(=O)(=O)Nc1cc(-c2ccc(F)cc2F)cc(-n2cnc3cc(-c4cnn(CCOC5CCCCO5)c4)ccc32)c1. The van der Waals surface area contributed by atoms with E-state index in [0.29, 0.717) is 29.9 Å². The molecule has 42 heavy (non-hydrogen) atoms. The molecule has 5 aromatic rings. The maximum absolute atomic E-state index is 14.7. The fraction of sp³-hybridized carbons (Fsp3) is 0.267. The molecule has 1 N–H and O–H groups in total.